The van der Waals surface area contributed by atoms with E-state index in [1.165, 1.54) is 31.2 Å². The maximum Gasteiger partial charge on any atom is 0.0681 e. The molecule has 0 atom stereocenters. The molecular weight excluding hydrogens is 198 g/mol. The molecule has 1 aromatic carbocycles. The van der Waals surface area contributed by atoms with Crippen molar-refractivity contribution in [3.05, 3.63) is 35.4 Å². The number of rotatable bonds is 6. The summed E-state index contributed by atoms with van der Waals surface area (Å²) < 4.78 is 0. The van der Waals surface area contributed by atoms with Crippen molar-refractivity contribution < 1.29 is 5.11 Å². The SMILES string of the molecule is OCc1ccc(CNCCC2CCC2)cc1. The summed E-state index contributed by atoms with van der Waals surface area (Å²) in [7, 11) is 0. The second kappa shape index (κ2) is 6.02. The molecule has 1 aromatic rings. The average Bonchev–Trinajstić information content (AvgIpc) is 2.27. The van der Waals surface area contributed by atoms with Gasteiger partial charge in [-0.1, -0.05) is 43.5 Å². The molecule has 0 heterocycles. The summed E-state index contributed by atoms with van der Waals surface area (Å²) in [6, 6.07) is 8.15. The number of benzene rings is 1. The summed E-state index contributed by atoms with van der Waals surface area (Å²) in [6.45, 7) is 2.21. The minimum Gasteiger partial charge on any atom is -0.392 e. The highest BCUT2D eigenvalue weighted by atomic mass is 16.3. The molecule has 1 fully saturated rings. The molecule has 1 aliphatic rings. The lowest BCUT2D eigenvalue weighted by Gasteiger charge is -2.25. The van der Waals surface area contributed by atoms with E-state index in [9.17, 15) is 0 Å². The van der Waals surface area contributed by atoms with Crippen LogP contribution in [0, 0.1) is 5.92 Å². The summed E-state index contributed by atoms with van der Waals surface area (Å²) in [5.41, 5.74) is 2.28. The Morgan fingerprint density at radius 3 is 2.38 bits per heavy atom. The lowest BCUT2D eigenvalue weighted by atomic mass is 9.83. The Morgan fingerprint density at radius 2 is 1.81 bits per heavy atom. The fourth-order valence-corrected chi connectivity index (χ4v) is 2.08. The molecule has 0 saturated heterocycles. The third-order valence-electron chi connectivity index (χ3n) is 3.49. The second-order valence-electron chi connectivity index (χ2n) is 4.74. The van der Waals surface area contributed by atoms with Crippen molar-refractivity contribution in [2.24, 2.45) is 5.92 Å². The molecule has 1 saturated carbocycles. The first-order valence-electron chi connectivity index (χ1n) is 6.28. The highest BCUT2D eigenvalue weighted by Crippen LogP contribution is 2.28. The standard InChI is InChI=1S/C14H21NO/c16-11-14-6-4-13(5-7-14)10-15-9-8-12-2-1-3-12/h4-7,12,15-16H,1-3,8-11H2. The minimum absolute atomic E-state index is 0.134. The summed E-state index contributed by atoms with van der Waals surface area (Å²) in [5.74, 6) is 0.990. The minimum atomic E-state index is 0.134. The van der Waals surface area contributed by atoms with E-state index in [0.29, 0.717) is 0 Å². The third-order valence-corrected chi connectivity index (χ3v) is 3.49. The van der Waals surface area contributed by atoms with E-state index >= 15 is 0 Å². The van der Waals surface area contributed by atoms with E-state index in [1.54, 1.807) is 0 Å². The van der Waals surface area contributed by atoms with Gasteiger partial charge in [0, 0.05) is 6.54 Å². The van der Waals surface area contributed by atoms with E-state index in [2.05, 4.69) is 17.4 Å². The van der Waals surface area contributed by atoms with E-state index in [4.69, 9.17) is 5.11 Å². The summed E-state index contributed by atoms with van der Waals surface area (Å²) in [6.07, 6.45) is 5.64. The molecule has 1 aliphatic carbocycles. The van der Waals surface area contributed by atoms with Crippen molar-refractivity contribution in [3.63, 3.8) is 0 Å². The van der Waals surface area contributed by atoms with Gasteiger partial charge in [0.1, 0.15) is 0 Å². The van der Waals surface area contributed by atoms with Gasteiger partial charge in [0.05, 0.1) is 6.61 Å². The Hall–Kier alpha value is -0.860. The monoisotopic (exact) mass is 219 g/mol. The van der Waals surface area contributed by atoms with Gasteiger partial charge in [0.15, 0.2) is 0 Å². The highest BCUT2D eigenvalue weighted by Gasteiger charge is 2.15. The molecule has 0 radical (unpaired) electrons. The van der Waals surface area contributed by atoms with Crippen LogP contribution < -0.4 is 5.32 Å². The van der Waals surface area contributed by atoms with Crippen LogP contribution in [0.15, 0.2) is 24.3 Å². The van der Waals surface area contributed by atoms with Crippen molar-refractivity contribution in [2.75, 3.05) is 6.54 Å². The Morgan fingerprint density at radius 1 is 1.12 bits per heavy atom. The third kappa shape index (κ3) is 3.32. The predicted octanol–water partition coefficient (Wildman–Crippen LogP) is 2.46. The number of hydrogen-bond acceptors (Lipinski definition) is 2. The normalized spacial score (nSPS) is 16.1. The number of nitrogens with one attached hydrogen (secondary N) is 1. The van der Waals surface area contributed by atoms with Crippen molar-refractivity contribution in [3.8, 4) is 0 Å². The summed E-state index contributed by atoms with van der Waals surface area (Å²) in [5, 5.41) is 12.4. The van der Waals surface area contributed by atoms with Gasteiger partial charge in [-0.15, -0.1) is 0 Å². The van der Waals surface area contributed by atoms with Crippen LogP contribution in [0.2, 0.25) is 0 Å². The van der Waals surface area contributed by atoms with Crippen LogP contribution >= 0.6 is 0 Å². The highest BCUT2D eigenvalue weighted by molar-refractivity contribution is 5.21. The maximum absolute atomic E-state index is 8.92. The molecule has 0 aromatic heterocycles. The van der Waals surface area contributed by atoms with Gasteiger partial charge in [0.25, 0.3) is 0 Å². The van der Waals surface area contributed by atoms with Gasteiger partial charge in [-0.3, -0.25) is 0 Å². The maximum atomic E-state index is 8.92. The quantitative estimate of drug-likeness (QED) is 0.720. The lowest BCUT2D eigenvalue weighted by Crippen LogP contribution is -2.21. The lowest BCUT2D eigenvalue weighted by molar-refractivity contribution is 0.282. The number of aliphatic hydroxyl groups is 1. The van der Waals surface area contributed by atoms with Crippen LogP contribution in [-0.2, 0) is 13.2 Å². The van der Waals surface area contributed by atoms with Gasteiger partial charge >= 0.3 is 0 Å². The summed E-state index contributed by atoms with van der Waals surface area (Å²) in [4.78, 5) is 0. The molecule has 16 heavy (non-hydrogen) atoms. The summed E-state index contributed by atoms with van der Waals surface area (Å²) >= 11 is 0. The van der Waals surface area contributed by atoms with Gasteiger partial charge in [0.2, 0.25) is 0 Å². The molecule has 88 valence electrons. The Bertz CT molecular complexity index is 303. The van der Waals surface area contributed by atoms with Gasteiger partial charge in [-0.2, -0.15) is 0 Å². The van der Waals surface area contributed by atoms with Crippen molar-refractivity contribution in [2.45, 2.75) is 38.8 Å². The van der Waals surface area contributed by atoms with Crippen LogP contribution in [0.25, 0.3) is 0 Å². The van der Waals surface area contributed by atoms with Crippen LogP contribution in [-0.4, -0.2) is 11.7 Å². The van der Waals surface area contributed by atoms with Crippen molar-refractivity contribution >= 4 is 0 Å². The molecule has 0 spiro atoms. The van der Waals surface area contributed by atoms with Gasteiger partial charge in [-0.25, -0.2) is 0 Å². The van der Waals surface area contributed by atoms with Gasteiger partial charge < -0.3 is 10.4 Å². The molecule has 2 N–H and O–H groups in total. The van der Waals surface area contributed by atoms with Crippen LogP contribution in [0.5, 0.6) is 0 Å². The Balaban J connectivity index is 1.64. The molecule has 2 nitrogen and oxygen atoms in total. The van der Waals surface area contributed by atoms with E-state index in [-0.39, 0.29) is 6.61 Å². The molecule has 0 bridgehead atoms. The second-order valence-corrected chi connectivity index (χ2v) is 4.74. The molecule has 2 heteroatoms. The molecule has 0 unspecified atom stereocenters. The predicted molar refractivity (Wildman–Crippen MR) is 66.0 cm³/mol. The number of aliphatic hydroxyl groups excluding tert-OH is 1. The zero-order valence-electron chi connectivity index (χ0n) is 9.78. The average molecular weight is 219 g/mol. The Labute approximate surface area is 97.7 Å². The van der Waals surface area contributed by atoms with E-state index in [1.807, 2.05) is 12.1 Å². The smallest absolute Gasteiger partial charge is 0.0681 e. The van der Waals surface area contributed by atoms with Gasteiger partial charge in [-0.05, 0) is 30.0 Å². The number of hydrogen-bond donors (Lipinski definition) is 2. The molecule has 0 amide bonds. The van der Waals surface area contributed by atoms with Crippen LogP contribution in [0.4, 0.5) is 0 Å². The van der Waals surface area contributed by atoms with E-state index < -0.39 is 0 Å². The first-order valence-corrected chi connectivity index (χ1v) is 6.28. The molecule has 0 aliphatic heterocycles. The molecule has 2 rings (SSSR count). The largest absolute Gasteiger partial charge is 0.392 e. The van der Waals surface area contributed by atoms with Crippen molar-refractivity contribution in [1.82, 2.24) is 5.32 Å². The van der Waals surface area contributed by atoms with E-state index in [0.717, 1.165) is 24.6 Å². The Kier molecular flexibility index (Phi) is 4.37. The first kappa shape index (κ1) is 11.6. The zero-order chi connectivity index (χ0) is 11.2. The zero-order valence-corrected chi connectivity index (χ0v) is 9.78. The first-order chi connectivity index (χ1) is 7.88. The van der Waals surface area contributed by atoms with Crippen LogP contribution in [0.1, 0.15) is 36.8 Å². The van der Waals surface area contributed by atoms with Crippen molar-refractivity contribution in [1.29, 1.82) is 0 Å². The topological polar surface area (TPSA) is 32.3 Å². The fraction of sp³-hybridized carbons (Fsp3) is 0.571. The molecular formula is C14H21NO. The van der Waals surface area contributed by atoms with Crippen LogP contribution in [0.3, 0.4) is 0 Å². The fourth-order valence-electron chi connectivity index (χ4n) is 2.08.